The number of piperazine rings is 1. The van der Waals surface area contributed by atoms with E-state index in [1.54, 1.807) is 31.3 Å². The Morgan fingerprint density at radius 1 is 1.04 bits per heavy atom. The second-order valence-corrected chi connectivity index (χ2v) is 8.62. The van der Waals surface area contributed by atoms with Gasteiger partial charge in [-0.25, -0.2) is 12.4 Å². The lowest BCUT2D eigenvalue weighted by Crippen LogP contribution is -2.43. The summed E-state index contributed by atoms with van der Waals surface area (Å²) in [4.78, 5) is 2.52. The highest BCUT2D eigenvalue weighted by Gasteiger charge is 2.23. The number of rotatable bonds is 3. The molecule has 1 aromatic heterocycles. The van der Waals surface area contributed by atoms with Crippen molar-refractivity contribution in [1.82, 2.24) is 9.29 Å². The van der Waals surface area contributed by atoms with Crippen LogP contribution in [0, 0.1) is 6.92 Å². The Kier molecular flexibility index (Phi) is 5.72. The van der Waals surface area contributed by atoms with E-state index in [2.05, 4.69) is 16.3 Å². The summed E-state index contributed by atoms with van der Waals surface area (Å²) in [7, 11) is -3.72. The molecule has 8 heteroatoms. The van der Waals surface area contributed by atoms with Crippen LogP contribution in [0.4, 0.5) is 5.69 Å². The summed E-state index contributed by atoms with van der Waals surface area (Å²) in [5.41, 5.74) is 2.32. The molecule has 1 aliphatic heterocycles. The fourth-order valence-corrected chi connectivity index (χ4v) is 5.32. The third-order valence-corrected chi connectivity index (χ3v) is 7.13. The van der Waals surface area contributed by atoms with Crippen molar-refractivity contribution in [1.29, 1.82) is 0 Å². The van der Waals surface area contributed by atoms with Gasteiger partial charge in [0.1, 0.15) is 0 Å². The molecule has 0 radical (unpaired) electrons. The van der Waals surface area contributed by atoms with Crippen LogP contribution in [0.3, 0.4) is 0 Å². The zero-order valence-corrected chi connectivity index (χ0v) is 17.2. The largest absolute Gasteiger partial charge is 0.368 e. The number of nitrogens with one attached hydrogen (secondary N) is 1. The van der Waals surface area contributed by atoms with Crippen molar-refractivity contribution < 1.29 is 8.42 Å². The molecule has 5 nitrogen and oxygen atoms in total. The van der Waals surface area contributed by atoms with Gasteiger partial charge in [0.15, 0.2) is 0 Å². The van der Waals surface area contributed by atoms with E-state index >= 15 is 0 Å². The van der Waals surface area contributed by atoms with Crippen LogP contribution in [0.25, 0.3) is 10.9 Å². The molecule has 1 aliphatic rings. The van der Waals surface area contributed by atoms with E-state index in [0.29, 0.717) is 16.1 Å². The van der Waals surface area contributed by atoms with Crippen LogP contribution in [0.1, 0.15) is 5.56 Å². The molecule has 0 bridgehead atoms. The molecule has 2 aromatic carbocycles. The molecule has 0 amide bonds. The van der Waals surface area contributed by atoms with Gasteiger partial charge in [-0.2, -0.15) is 0 Å². The van der Waals surface area contributed by atoms with E-state index in [-0.39, 0.29) is 17.3 Å². The zero-order chi connectivity index (χ0) is 18.3. The van der Waals surface area contributed by atoms with Gasteiger partial charge in [0, 0.05) is 48.5 Å². The van der Waals surface area contributed by atoms with E-state index in [1.807, 2.05) is 18.2 Å². The first kappa shape index (κ1) is 20.0. The Bertz CT molecular complexity index is 1070. The maximum absolute atomic E-state index is 13.3. The number of benzene rings is 2. The maximum atomic E-state index is 13.3. The molecule has 4 rings (SSSR count). The first-order valence-corrected chi connectivity index (χ1v) is 10.4. The molecule has 0 aliphatic carbocycles. The van der Waals surface area contributed by atoms with E-state index in [4.69, 9.17) is 11.6 Å². The molecule has 0 saturated carbocycles. The highest BCUT2D eigenvalue weighted by molar-refractivity contribution is 7.90. The minimum absolute atomic E-state index is 0. The Morgan fingerprint density at radius 3 is 2.48 bits per heavy atom. The normalized spacial score (nSPS) is 15.0. The third-order valence-electron chi connectivity index (χ3n) is 4.89. The summed E-state index contributed by atoms with van der Waals surface area (Å²) < 4.78 is 27.9. The summed E-state index contributed by atoms with van der Waals surface area (Å²) >= 11 is 6.14. The number of fused-ring (bicyclic) bond motifs is 1. The van der Waals surface area contributed by atoms with Crippen molar-refractivity contribution in [2.24, 2.45) is 0 Å². The highest BCUT2D eigenvalue weighted by atomic mass is 35.5. The molecule has 0 spiro atoms. The second-order valence-electron chi connectivity index (χ2n) is 6.43. The smallest absolute Gasteiger partial charge is 0.268 e. The van der Waals surface area contributed by atoms with Gasteiger partial charge in [-0.1, -0.05) is 23.7 Å². The summed E-state index contributed by atoms with van der Waals surface area (Å²) in [6.07, 6.45) is 1.63. The topological polar surface area (TPSA) is 54.3 Å². The first-order valence-electron chi connectivity index (χ1n) is 8.56. The van der Waals surface area contributed by atoms with Gasteiger partial charge in [0.05, 0.1) is 10.4 Å². The predicted molar refractivity (Wildman–Crippen MR) is 113 cm³/mol. The van der Waals surface area contributed by atoms with E-state index in [1.165, 1.54) is 3.97 Å². The first-order chi connectivity index (χ1) is 12.5. The SMILES string of the molecule is Cc1c(Cl)cccc1S(=O)(=O)n1ccc2c(N3CCNCC3)cccc21.Cl. The summed E-state index contributed by atoms with van der Waals surface area (Å²) in [6.45, 7) is 5.40. The van der Waals surface area contributed by atoms with Crippen molar-refractivity contribution in [3.8, 4) is 0 Å². The second kappa shape index (κ2) is 7.72. The molecule has 2 heterocycles. The van der Waals surface area contributed by atoms with Crippen LogP contribution in [-0.2, 0) is 10.0 Å². The van der Waals surface area contributed by atoms with Crippen LogP contribution < -0.4 is 10.2 Å². The lowest BCUT2D eigenvalue weighted by atomic mass is 10.2. The summed E-state index contributed by atoms with van der Waals surface area (Å²) in [5.74, 6) is 0. The average Bonchev–Trinajstić information content (AvgIpc) is 3.09. The van der Waals surface area contributed by atoms with Gasteiger partial charge in [-0.05, 0) is 42.8 Å². The number of hydrogen-bond donors (Lipinski definition) is 1. The van der Waals surface area contributed by atoms with Crippen LogP contribution in [-0.4, -0.2) is 38.6 Å². The standard InChI is InChI=1S/C19H20ClN3O2S.ClH/c1-14-16(20)4-2-7-19(14)26(24,25)23-11-8-15-17(5-3-6-18(15)23)22-12-9-21-10-13-22;/h2-8,11,21H,9-10,12-13H2,1H3;1H. The number of aromatic nitrogens is 1. The van der Waals surface area contributed by atoms with Crippen molar-refractivity contribution in [2.45, 2.75) is 11.8 Å². The molecule has 144 valence electrons. The van der Waals surface area contributed by atoms with E-state index < -0.39 is 10.0 Å². The molecule has 1 saturated heterocycles. The number of hydrogen-bond acceptors (Lipinski definition) is 4. The lowest BCUT2D eigenvalue weighted by molar-refractivity contribution is 0.588. The minimum atomic E-state index is -3.72. The fraction of sp³-hybridized carbons (Fsp3) is 0.263. The Hall–Kier alpha value is -1.73. The molecular weight excluding hydrogens is 405 g/mol. The molecule has 3 aromatic rings. The quantitative estimate of drug-likeness (QED) is 0.695. The van der Waals surface area contributed by atoms with Crippen LogP contribution >= 0.6 is 24.0 Å². The van der Waals surface area contributed by atoms with Gasteiger partial charge in [0.25, 0.3) is 10.0 Å². The predicted octanol–water partition coefficient (Wildman–Crippen LogP) is 3.67. The van der Waals surface area contributed by atoms with Gasteiger partial charge in [-0.15, -0.1) is 12.4 Å². The zero-order valence-electron chi connectivity index (χ0n) is 14.9. The van der Waals surface area contributed by atoms with Crippen LogP contribution in [0.15, 0.2) is 53.6 Å². The molecule has 0 unspecified atom stereocenters. The molecule has 1 fully saturated rings. The van der Waals surface area contributed by atoms with Crippen LogP contribution in [0.2, 0.25) is 5.02 Å². The Balaban J connectivity index is 0.00000210. The number of anilines is 1. The van der Waals surface area contributed by atoms with Crippen molar-refractivity contribution in [2.75, 3.05) is 31.1 Å². The highest BCUT2D eigenvalue weighted by Crippen LogP contribution is 2.32. The van der Waals surface area contributed by atoms with Crippen molar-refractivity contribution in [3.05, 3.63) is 59.2 Å². The Morgan fingerprint density at radius 2 is 1.74 bits per heavy atom. The monoisotopic (exact) mass is 425 g/mol. The Labute approximate surface area is 170 Å². The molecule has 27 heavy (non-hydrogen) atoms. The summed E-state index contributed by atoms with van der Waals surface area (Å²) in [5, 5.41) is 4.73. The fourth-order valence-electron chi connectivity index (χ4n) is 3.49. The maximum Gasteiger partial charge on any atom is 0.268 e. The third kappa shape index (κ3) is 3.43. The van der Waals surface area contributed by atoms with Crippen molar-refractivity contribution in [3.63, 3.8) is 0 Å². The molecular formula is C19H21Cl2N3O2S. The number of nitrogens with zero attached hydrogens (tertiary/aromatic N) is 2. The van der Waals surface area contributed by atoms with E-state index in [9.17, 15) is 8.42 Å². The van der Waals surface area contributed by atoms with Gasteiger partial charge in [-0.3, -0.25) is 0 Å². The van der Waals surface area contributed by atoms with E-state index in [0.717, 1.165) is 37.3 Å². The van der Waals surface area contributed by atoms with Crippen molar-refractivity contribution >= 4 is 50.6 Å². The lowest BCUT2D eigenvalue weighted by Gasteiger charge is -2.30. The molecule has 0 atom stereocenters. The van der Waals surface area contributed by atoms with Gasteiger partial charge < -0.3 is 10.2 Å². The van der Waals surface area contributed by atoms with Gasteiger partial charge >= 0.3 is 0 Å². The number of halogens is 2. The van der Waals surface area contributed by atoms with Crippen LogP contribution in [0.5, 0.6) is 0 Å². The average molecular weight is 426 g/mol. The minimum Gasteiger partial charge on any atom is -0.368 e. The molecule has 1 N–H and O–H groups in total. The van der Waals surface area contributed by atoms with Gasteiger partial charge in [0.2, 0.25) is 0 Å². The summed E-state index contributed by atoms with van der Waals surface area (Å²) in [6, 6.07) is 12.7.